The molecule has 4 nitrogen and oxygen atoms in total. The second-order valence-corrected chi connectivity index (χ2v) is 6.03. The molecule has 0 fully saturated rings. The summed E-state index contributed by atoms with van der Waals surface area (Å²) in [5.74, 6) is -0.498. The smallest absolute Gasteiger partial charge is 0.419 e. The molecule has 0 amide bonds. The maximum atomic E-state index is 13.3. The van der Waals surface area contributed by atoms with Crippen molar-refractivity contribution in [3.63, 3.8) is 0 Å². The first-order valence-corrected chi connectivity index (χ1v) is 6.55. The summed E-state index contributed by atoms with van der Waals surface area (Å²) in [6, 6.07) is 1.27. The van der Waals surface area contributed by atoms with E-state index in [0.29, 0.717) is 21.2 Å². The number of rotatable bonds is 0. The van der Waals surface area contributed by atoms with Crippen LogP contribution >= 0.6 is 15.9 Å². The Morgan fingerprint density at radius 2 is 2.11 bits per heavy atom. The van der Waals surface area contributed by atoms with Crippen molar-refractivity contribution in [2.75, 3.05) is 0 Å². The van der Waals surface area contributed by atoms with E-state index in [-0.39, 0.29) is 0 Å². The van der Waals surface area contributed by atoms with Crippen LogP contribution in [-0.2, 0) is 4.74 Å². The second kappa shape index (κ2) is 4.59. The predicted molar refractivity (Wildman–Crippen MR) is 73.8 cm³/mol. The molecule has 0 bridgehead atoms. The Kier molecular flexibility index (Phi) is 3.38. The average Bonchev–Trinajstić information content (AvgIpc) is 2.48. The molecule has 2 heterocycles. The first kappa shape index (κ1) is 14.0. The van der Waals surface area contributed by atoms with Gasteiger partial charge in [-0.05, 0) is 43.6 Å². The van der Waals surface area contributed by atoms with Gasteiger partial charge in [0.25, 0.3) is 0 Å². The van der Waals surface area contributed by atoms with Crippen LogP contribution < -0.4 is 0 Å². The van der Waals surface area contributed by atoms with E-state index in [0.717, 1.165) is 6.20 Å². The number of hydrogen-bond donors (Lipinski definition) is 0. The third-order valence-electron chi connectivity index (χ3n) is 2.51. The second-order valence-electron chi connectivity index (χ2n) is 5.24. The number of nitrogens with zero attached hydrogens (tertiary/aromatic N) is 2. The zero-order valence-electron chi connectivity index (χ0n) is 11.1. The van der Waals surface area contributed by atoms with Crippen molar-refractivity contribution in [2.24, 2.45) is 0 Å². The van der Waals surface area contributed by atoms with E-state index in [1.54, 1.807) is 27.7 Å². The van der Waals surface area contributed by atoms with Crippen molar-refractivity contribution in [3.8, 4) is 0 Å². The highest BCUT2D eigenvalue weighted by Gasteiger charge is 2.23. The first-order chi connectivity index (χ1) is 8.70. The molecular formula is C13H14BrFN2O2. The van der Waals surface area contributed by atoms with Gasteiger partial charge in [0, 0.05) is 11.8 Å². The van der Waals surface area contributed by atoms with Gasteiger partial charge in [0.2, 0.25) is 0 Å². The quantitative estimate of drug-likeness (QED) is 0.733. The number of carbonyl (C=O) groups excluding carboxylic acids is 1. The zero-order chi connectivity index (χ0) is 14.4. The Labute approximate surface area is 118 Å². The van der Waals surface area contributed by atoms with Gasteiger partial charge in [0.1, 0.15) is 16.9 Å². The van der Waals surface area contributed by atoms with E-state index in [1.165, 1.54) is 10.6 Å². The molecule has 19 heavy (non-hydrogen) atoms. The Morgan fingerprint density at radius 1 is 1.47 bits per heavy atom. The SMILES string of the molecule is Cc1c(Br)c2ncc(F)cc2n1C(=O)OC(C)(C)C. The zero-order valence-corrected chi connectivity index (χ0v) is 12.7. The van der Waals surface area contributed by atoms with Crippen LogP contribution in [0.1, 0.15) is 26.5 Å². The molecule has 2 rings (SSSR count). The molecular weight excluding hydrogens is 315 g/mol. The van der Waals surface area contributed by atoms with Crippen LogP contribution in [0.5, 0.6) is 0 Å². The largest absolute Gasteiger partial charge is 0.443 e. The number of ether oxygens (including phenoxy) is 1. The molecule has 0 aliphatic rings. The molecule has 0 radical (unpaired) electrons. The molecule has 0 N–H and O–H groups in total. The molecule has 0 aromatic carbocycles. The fourth-order valence-corrected chi connectivity index (χ4v) is 2.24. The molecule has 0 unspecified atom stereocenters. The van der Waals surface area contributed by atoms with Crippen LogP contribution in [-0.4, -0.2) is 21.2 Å². The Morgan fingerprint density at radius 3 is 2.68 bits per heavy atom. The normalized spacial score (nSPS) is 11.9. The van der Waals surface area contributed by atoms with Crippen molar-refractivity contribution in [1.29, 1.82) is 0 Å². The molecule has 6 heteroatoms. The molecule has 0 saturated heterocycles. The lowest BCUT2D eigenvalue weighted by atomic mass is 10.2. The van der Waals surface area contributed by atoms with Gasteiger partial charge in [-0.25, -0.2) is 13.8 Å². The van der Waals surface area contributed by atoms with Crippen molar-refractivity contribution in [2.45, 2.75) is 33.3 Å². The molecule has 0 atom stereocenters. The standard InChI is InChI=1S/C13H14BrFN2O2/c1-7-10(14)11-9(5-8(15)6-16-11)17(7)12(18)19-13(2,3)4/h5-6H,1-4H3. The fraction of sp³-hybridized carbons (Fsp3) is 0.385. The number of pyridine rings is 1. The van der Waals surface area contributed by atoms with Crippen LogP contribution in [0.3, 0.4) is 0 Å². The number of hydrogen-bond acceptors (Lipinski definition) is 3. The Hall–Kier alpha value is -1.43. The minimum atomic E-state index is -0.618. The molecule has 102 valence electrons. The maximum Gasteiger partial charge on any atom is 0.419 e. The highest BCUT2D eigenvalue weighted by Crippen LogP contribution is 2.30. The summed E-state index contributed by atoms with van der Waals surface area (Å²) >= 11 is 3.36. The molecule has 0 saturated carbocycles. The minimum absolute atomic E-state index is 0.388. The van der Waals surface area contributed by atoms with Crippen molar-refractivity contribution >= 4 is 33.1 Å². The van der Waals surface area contributed by atoms with Gasteiger partial charge < -0.3 is 4.74 Å². The summed E-state index contributed by atoms with van der Waals surface area (Å²) in [6.45, 7) is 7.08. The van der Waals surface area contributed by atoms with Crippen LogP contribution in [0.25, 0.3) is 11.0 Å². The number of aromatic nitrogens is 2. The lowest BCUT2D eigenvalue weighted by Crippen LogP contribution is -2.27. The van der Waals surface area contributed by atoms with E-state index >= 15 is 0 Å². The van der Waals surface area contributed by atoms with Crippen LogP contribution in [0.2, 0.25) is 0 Å². The van der Waals surface area contributed by atoms with E-state index in [4.69, 9.17) is 4.74 Å². The van der Waals surface area contributed by atoms with Gasteiger partial charge in [-0.15, -0.1) is 0 Å². The van der Waals surface area contributed by atoms with Crippen LogP contribution in [0.4, 0.5) is 9.18 Å². The minimum Gasteiger partial charge on any atom is -0.443 e. The first-order valence-electron chi connectivity index (χ1n) is 5.76. The third-order valence-corrected chi connectivity index (χ3v) is 3.46. The number of halogens is 2. The highest BCUT2D eigenvalue weighted by atomic mass is 79.9. The van der Waals surface area contributed by atoms with Gasteiger partial charge in [0.15, 0.2) is 0 Å². The van der Waals surface area contributed by atoms with E-state index < -0.39 is 17.5 Å². The molecule has 0 aliphatic heterocycles. The fourth-order valence-electron chi connectivity index (χ4n) is 1.76. The molecule has 0 aliphatic carbocycles. The van der Waals surface area contributed by atoms with Gasteiger partial charge >= 0.3 is 6.09 Å². The van der Waals surface area contributed by atoms with Gasteiger partial charge in [0.05, 0.1) is 16.2 Å². The van der Waals surface area contributed by atoms with Crippen molar-refractivity contribution < 1.29 is 13.9 Å². The summed E-state index contributed by atoms with van der Waals surface area (Å²) in [4.78, 5) is 16.2. The maximum absolute atomic E-state index is 13.3. The molecule has 2 aromatic heterocycles. The summed E-state index contributed by atoms with van der Waals surface area (Å²) in [7, 11) is 0. The van der Waals surface area contributed by atoms with Gasteiger partial charge in [-0.3, -0.25) is 4.98 Å². The van der Waals surface area contributed by atoms with Crippen LogP contribution in [0, 0.1) is 12.7 Å². The van der Waals surface area contributed by atoms with E-state index in [1.807, 2.05) is 0 Å². The van der Waals surface area contributed by atoms with Crippen molar-refractivity contribution in [3.05, 3.63) is 28.2 Å². The summed E-state index contributed by atoms with van der Waals surface area (Å²) < 4.78 is 20.6. The van der Waals surface area contributed by atoms with E-state index in [9.17, 15) is 9.18 Å². The number of carbonyl (C=O) groups is 1. The topological polar surface area (TPSA) is 44.1 Å². The molecule has 2 aromatic rings. The monoisotopic (exact) mass is 328 g/mol. The predicted octanol–water partition coefficient (Wildman–Crippen LogP) is 4.03. The Balaban J connectivity index is 2.62. The summed E-state index contributed by atoms with van der Waals surface area (Å²) in [5, 5.41) is 0. The van der Waals surface area contributed by atoms with Gasteiger partial charge in [-0.2, -0.15) is 0 Å². The lowest BCUT2D eigenvalue weighted by Gasteiger charge is -2.20. The molecule has 0 spiro atoms. The third kappa shape index (κ3) is 2.63. The highest BCUT2D eigenvalue weighted by molar-refractivity contribution is 9.10. The Bertz CT molecular complexity index is 659. The van der Waals surface area contributed by atoms with E-state index in [2.05, 4.69) is 20.9 Å². The lowest BCUT2D eigenvalue weighted by molar-refractivity contribution is 0.0541. The number of fused-ring (bicyclic) bond motifs is 1. The average molecular weight is 329 g/mol. The summed E-state index contributed by atoms with van der Waals surface area (Å²) in [6.07, 6.45) is 0.569. The van der Waals surface area contributed by atoms with Gasteiger partial charge in [-0.1, -0.05) is 0 Å². The summed E-state index contributed by atoms with van der Waals surface area (Å²) in [5.41, 5.74) is 0.929. The van der Waals surface area contributed by atoms with Crippen molar-refractivity contribution in [1.82, 2.24) is 9.55 Å². The van der Waals surface area contributed by atoms with Crippen LogP contribution in [0.15, 0.2) is 16.7 Å².